The van der Waals surface area contributed by atoms with Gasteiger partial charge in [0, 0.05) is 25.0 Å². The molecule has 76 valence electrons. The van der Waals surface area contributed by atoms with Gasteiger partial charge >= 0.3 is 0 Å². The van der Waals surface area contributed by atoms with Crippen LogP contribution in [0.25, 0.3) is 0 Å². The van der Waals surface area contributed by atoms with Crippen LogP contribution in [-0.2, 0) is 0 Å². The standard InChI is InChI=1S/C10H15N3O/c1-7(2)13-8-4-5-12-9(6-8)10(14)11-3/h4-7H,1-3H3,(H,11,14)(H,12,13). The Labute approximate surface area is 83.7 Å². The van der Waals surface area contributed by atoms with Crippen molar-refractivity contribution >= 4 is 11.6 Å². The zero-order valence-corrected chi connectivity index (χ0v) is 8.66. The average Bonchev–Trinajstić information content (AvgIpc) is 2.16. The topological polar surface area (TPSA) is 54.0 Å². The van der Waals surface area contributed by atoms with E-state index in [1.165, 1.54) is 0 Å². The van der Waals surface area contributed by atoms with Crippen LogP contribution in [0.15, 0.2) is 18.3 Å². The van der Waals surface area contributed by atoms with Crippen LogP contribution in [-0.4, -0.2) is 24.0 Å². The van der Waals surface area contributed by atoms with Crippen LogP contribution in [0.3, 0.4) is 0 Å². The van der Waals surface area contributed by atoms with Gasteiger partial charge in [0.2, 0.25) is 0 Å². The van der Waals surface area contributed by atoms with Gasteiger partial charge < -0.3 is 10.6 Å². The Morgan fingerprint density at radius 3 is 2.79 bits per heavy atom. The number of aromatic nitrogens is 1. The Morgan fingerprint density at radius 2 is 2.21 bits per heavy atom. The lowest BCUT2D eigenvalue weighted by Gasteiger charge is -2.10. The maximum Gasteiger partial charge on any atom is 0.269 e. The Balaban J connectivity index is 2.84. The molecule has 0 aliphatic rings. The van der Waals surface area contributed by atoms with Crippen molar-refractivity contribution in [3.8, 4) is 0 Å². The number of nitrogens with one attached hydrogen (secondary N) is 2. The van der Waals surface area contributed by atoms with Crippen LogP contribution in [0.1, 0.15) is 24.3 Å². The van der Waals surface area contributed by atoms with Crippen LogP contribution in [0.2, 0.25) is 0 Å². The Kier molecular flexibility index (Phi) is 3.45. The zero-order chi connectivity index (χ0) is 10.6. The van der Waals surface area contributed by atoms with Crippen molar-refractivity contribution < 1.29 is 4.79 Å². The summed E-state index contributed by atoms with van der Waals surface area (Å²) in [7, 11) is 1.59. The van der Waals surface area contributed by atoms with Gasteiger partial charge in [-0.2, -0.15) is 0 Å². The molecule has 0 saturated heterocycles. The average molecular weight is 193 g/mol. The van der Waals surface area contributed by atoms with Crippen molar-refractivity contribution in [2.24, 2.45) is 0 Å². The molecule has 1 heterocycles. The number of carbonyl (C=O) groups is 1. The van der Waals surface area contributed by atoms with Crippen molar-refractivity contribution in [2.75, 3.05) is 12.4 Å². The van der Waals surface area contributed by atoms with Crippen LogP contribution in [0.5, 0.6) is 0 Å². The van der Waals surface area contributed by atoms with Crippen molar-refractivity contribution in [2.45, 2.75) is 19.9 Å². The zero-order valence-electron chi connectivity index (χ0n) is 8.66. The third-order valence-electron chi connectivity index (χ3n) is 1.67. The molecule has 1 amide bonds. The minimum absolute atomic E-state index is 0.169. The predicted octanol–water partition coefficient (Wildman–Crippen LogP) is 1.26. The highest BCUT2D eigenvalue weighted by molar-refractivity contribution is 5.92. The number of hydrogen-bond acceptors (Lipinski definition) is 3. The molecule has 0 unspecified atom stereocenters. The van der Waals surface area contributed by atoms with Gasteiger partial charge in [-0.1, -0.05) is 0 Å². The van der Waals surface area contributed by atoms with E-state index in [0.717, 1.165) is 5.69 Å². The fourth-order valence-corrected chi connectivity index (χ4v) is 1.11. The quantitative estimate of drug-likeness (QED) is 0.760. The highest BCUT2D eigenvalue weighted by atomic mass is 16.1. The molecule has 0 fully saturated rings. The van der Waals surface area contributed by atoms with Crippen molar-refractivity contribution in [3.63, 3.8) is 0 Å². The molecule has 0 atom stereocenters. The molecule has 1 rings (SSSR count). The summed E-state index contributed by atoms with van der Waals surface area (Å²) in [5.74, 6) is -0.169. The second kappa shape index (κ2) is 4.60. The molecule has 4 nitrogen and oxygen atoms in total. The molecular weight excluding hydrogens is 178 g/mol. The summed E-state index contributed by atoms with van der Waals surface area (Å²) in [5, 5.41) is 5.74. The smallest absolute Gasteiger partial charge is 0.269 e. The van der Waals surface area contributed by atoms with E-state index in [-0.39, 0.29) is 5.91 Å². The second-order valence-corrected chi connectivity index (χ2v) is 3.31. The number of anilines is 1. The minimum atomic E-state index is -0.169. The van der Waals surface area contributed by atoms with Gasteiger partial charge in [-0.3, -0.25) is 9.78 Å². The normalized spacial score (nSPS) is 10.0. The molecule has 14 heavy (non-hydrogen) atoms. The van der Waals surface area contributed by atoms with Gasteiger partial charge in [-0.05, 0) is 26.0 Å². The first kappa shape index (κ1) is 10.5. The molecule has 0 bridgehead atoms. The molecule has 4 heteroatoms. The van der Waals surface area contributed by atoms with Gasteiger partial charge in [0.05, 0.1) is 0 Å². The molecule has 2 N–H and O–H groups in total. The molecule has 0 radical (unpaired) electrons. The molecule has 1 aromatic heterocycles. The largest absolute Gasteiger partial charge is 0.383 e. The highest BCUT2D eigenvalue weighted by Crippen LogP contribution is 2.08. The molecule has 0 spiro atoms. The van der Waals surface area contributed by atoms with Crippen LogP contribution >= 0.6 is 0 Å². The third-order valence-corrected chi connectivity index (χ3v) is 1.67. The first-order chi connectivity index (χ1) is 6.63. The summed E-state index contributed by atoms with van der Waals surface area (Å²) >= 11 is 0. The summed E-state index contributed by atoms with van der Waals surface area (Å²) in [5.41, 5.74) is 1.34. The molecule has 0 aromatic carbocycles. The number of pyridine rings is 1. The summed E-state index contributed by atoms with van der Waals surface area (Å²) in [6.07, 6.45) is 1.62. The monoisotopic (exact) mass is 193 g/mol. The number of rotatable bonds is 3. The van der Waals surface area contributed by atoms with Gasteiger partial charge in [0.15, 0.2) is 0 Å². The lowest BCUT2D eigenvalue weighted by molar-refractivity contribution is 0.0958. The van der Waals surface area contributed by atoms with E-state index in [1.807, 2.05) is 19.9 Å². The van der Waals surface area contributed by atoms with Gasteiger partial charge in [-0.25, -0.2) is 0 Å². The summed E-state index contributed by atoms with van der Waals surface area (Å²) in [4.78, 5) is 15.2. The van der Waals surface area contributed by atoms with E-state index in [4.69, 9.17) is 0 Å². The fourth-order valence-electron chi connectivity index (χ4n) is 1.11. The first-order valence-corrected chi connectivity index (χ1v) is 4.58. The van der Waals surface area contributed by atoms with Gasteiger partial charge in [-0.15, -0.1) is 0 Å². The fraction of sp³-hybridized carbons (Fsp3) is 0.400. The second-order valence-electron chi connectivity index (χ2n) is 3.31. The Hall–Kier alpha value is -1.58. The number of hydrogen-bond donors (Lipinski definition) is 2. The lowest BCUT2D eigenvalue weighted by atomic mass is 10.3. The molecule has 0 saturated carbocycles. The van der Waals surface area contributed by atoms with Crippen molar-refractivity contribution in [1.82, 2.24) is 10.3 Å². The molecule has 0 aliphatic carbocycles. The van der Waals surface area contributed by atoms with E-state index in [2.05, 4.69) is 15.6 Å². The predicted molar refractivity (Wildman–Crippen MR) is 56.4 cm³/mol. The van der Waals surface area contributed by atoms with Crippen LogP contribution in [0, 0.1) is 0 Å². The van der Waals surface area contributed by atoms with Crippen LogP contribution in [0.4, 0.5) is 5.69 Å². The number of carbonyl (C=O) groups excluding carboxylic acids is 1. The van der Waals surface area contributed by atoms with E-state index in [9.17, 15) is 4.79 Å². The lowest BCUT2D eigenvalue weighted by Crippen LogP contribution is -2.19. The van der Waals surface area contributed by atoms with E-state index in [0.29, 0.717) is 11.7 Å². The van der Waals surface area contributed by atoms with E-state index in [1.54, 1.807) is 19.3 Å². The third kappa shape index (κ3) is 2.73. The molecule has 1 aromatic rings. The summed E-state index contributed by atoms with van der Waals surface area (Å²) in [6.45, 7) is 4.08. The number of nitrogens with zero attached hydrogens (tertiary/aromatic N) is 1. The van der Waals surface area contributed by atoms with Gasteiger partial charge in [0.1, 0.15) is 5.69 Å². The highest BCUT2D eigenvalue weighted by Gasteiger charge is 2.05. The van der Waals surface area contributed by atoms with Crippen molar-refractivity contribution in [1.29, 1.82) is 0 Å². The Morgan fingerprint density at radius 1 is 1.50 bits per heavy atom. The molecular formula is C10H15N3O. The maximum atomic E-state index is 11.3. The van der Waals surface area contributed by atoms with Crippen molar-refractivity contribution in [3.05, 3.63) is 24.0 Å². The Bertz CT molecular complexity index is 323. The van der Waals surface area contributed by atoms with Crippen LogP contribution < -0.4 is 10.6 Å². The summed E-state index contributed by atoms with van der Waals surface area (Å²) < 4.78 is 0. The summed E-state index contributed by atoms with van der Waals surface area (Å²) in [6, 6.07) is 3.92. The van der Waals surface area contributed by atoms with E-state index < -0.39 is 0 Å². The van der Waals surface area contributed by atoms with Gasteiger partial charge in [0.25, 0.3) is 5.91 Å². The first-order valence-electron chi connectivity index (χ1n) is 4.58. The molecule has 0 aliphatic heterocycles. The van der Waals surface area contributed by atoms with E-state index >= 15 is 0 Å². The minimum Gasteiger partial charge on any atom is -0.383 e. The maximum absolute atomic E-state index is 11.3. The SMILES string of the molecule is CNC(=O)c1cc(NC(C)C)ccn1. The number of amides is 1.